The van der Waals surface area contributed by atoms with E-state index in [1.165, 1.54) is 0 Å². The van der Waals surface area contributed by atoms with Crippen LogP contribution in [0.5, 0.6) is 0 Å². The fourth-order valence-electron chi connectivity index (χ4n) is 0.528. The Bertz CT molecular complexity index is 249. The smallest absolute Gasteiger partial charge is 0.318 e. The minimum absolute atomic E-state index is 0.463. The van der Waals surface area contributed by atoms with Gasteiger partial charge in [-0.2, -0.15) is 4.79 Å². The minimum atomic E-state index is -1.46. The van der Waals surface area contributed by atoms with Gasteiger partial charge < -0.3 is 5.73 Å². The lowest BCUT2D eigenvalue weighted by Gasteiger charge is -2.02. The maximum absolute atomic E-state index is 10.7. The van der Waals surface area contributed by atoms with Crippen molar-refractivity contribution in [1.29, 1.82) is 0 Å². The van der Waals surface area contributed by atoms with Crippen LogP contribution in [0, 0.1) is 0 Å². The zero-order valence-corrected chi connectivity index (χ0v) is 6.22. The van der Waals surface area contributed by atoms with Gasteiger partial charge >= 0.3 is 18.1 Å². The van der Waals surface area contributed by atoms with E-state index in [4.69, 9.17) is 5.73 Å². The highest BCUT2D eigenvalue weighted by atomic mass is 17.3. The highest BCUT2D eigenvalue weighted by molar-refractivity contribution is 5.83. The monoisotopic (exact) mass is 191 g/mol. The third kappa shape index (κ3) is 2.60. The van der Waals surface area contributed by atoms with E-state index >= 15 is 0 Å². The Morgan fingerprint density at radius 2 is 1.69 bits per heavy atom. The molecule has 1 rings (SSSR count). The Morgan fingerprint density at radius 3 is 2.38 bits per heavy atom. The molecule has 0 bridgehead atoms. The molecule has 13 heavy (non-hydrogen) atoms. The van der Waals surface area contributed by atoms with E-state index in [-0.39, 0.29) is 0 Å². The van der Waals surface area contributed by atoms with Gasteiger partial charge in [-0.1, -0.05) is 0 Å². The highest BCUT2D eigenvalue weighted by Crippen LogP contribution is 2.01. The largest absolute Gasteiger partial charge is 0.592 e. The maximum Gasteiger partial charge on any atom is 0.592 e. The number of nitrogens with two attached hydrogens (primary N) is 1. The van der Waals surface area contributed by atoms with E-state index in [9.17, 15) is 14.4 Å². The van der Waals surface area contributed by atoms with Crippen LogP contribution < -0.4 is 5.73 Å². The van der Waals surface area contributed by atoms with Crippen molar-refractivity contribution in [2.45, 2.75) is 12.5 Å². The van der Waals surface area contributed by atoms with Gasteiger partial charge in [0.2, 0.25) is 0 Å². The summed E-state index contributed by atoms with van der Waals surface area (Å²) in [7, 11) is 0. The summed E-state index contributed by atoms with van der Waals surface area (Å²) in [6.45, 7) is 0. The molecule has 0 amide bonds. The molecule has 1 saturated heterocycles. The maximum atomic E-state index is 10.7. The Morgan fingerprint density at radius 1 is 1.08 bits per heavy atom. The Labute approximate surface area is 71.3 Å². The predicted molar refractivity (Wildman–Crippen MR) is 32.3 cm³/mol. The molecule has 0 saturated carbocycles. The first-order valence-corrected chi connectivity index (χ1v) is 3.15. The fraction of sp³-hybridized carbons (Fsp3) is 0.400. The first-order valence-electron chi connectivity index (χ1n) is 3.15. The number of hydrogen-bond donors (Lipinski definition) is 1. The molecule has 0 aromatic heterocycles. The molecule has 0 aromatic rings. The van der Waals surface area contributed by atoms with Gasteiger partial charge in [0.1, 0.15) is 6.04 Å². The quantitative estimate of drug-likeness (QED) is 0.474. The molecule has 8 nitrogen and oxygen atoms in total. The Hall–Kier alpha value is -1.83. The van der Waals surface area contributed by atoms with Crippen molar-refractivity contribution in [2.75, 3.05) is 0 Å². The van der Waals surface area contributed by atoms with Crippen molar-refractivity contribution in [1.82, 2.24) is 0 Å². The van der Waals surface area contributed by atoms with E-state index in [0.717, 1.165) is 0 Å². The summed E-state index contributed by atoms with van der Waals surface area (Å²) in [5, 5.41) is 0. The lowest BCUT2D eigenvalue weighted by atomic mass is 10.2. The van der Waals surface area contributed by atoms with Crippen LogP contribution in [0.4, 0.5) is 4.79 Å². The van der Waals surface area contributed by atoms with Gasteiger partial charge in [-0.3, -0.25) is 0 Å². The van der Waals surface area contributed by atoms with E-state index in [2.05, 4.69) is 19.6 Å². The zero-order chi connectivity index (χ0) is 9.84. The second-order valence-corrected chi connectivity index (χ2v) is 2.08. The second-order valence-electron chi connectivity index (χ2n) is 2.08. The summed E-state index contributed by atoms with van der Waals surface area (Å²) in [6, 6.07) is -1.25. The molecule has 8 heteroatoms. The van der Waals surface area contributed by atoms with Crippen molar-refractivity contribution in [3.8, 4) is 0 Å². The van der Waals surface area contributed by atoms with Gasteiger partial charge in [0.05, 0.1) is 6.42 Å². The molecule has 1 heterocycles. The van der Waals surface area contributed by atoms with Crippen molar-refractivity contribution < 1.29 is 33.9 Å². The molecular weight excluding hydrogens is 186 g/mol. The van der Waals surface area contributed by atoms with Crippen molar-refractivity contribution >= 4 is 18.1 Å². The van der Waals surface area contributed by atoms with Crippen LogP contribution >= 0.6 is 0 Å². The molecule has 1 aliphatic heterocycles. The van der Waals surface area contributed by atoms with Gasteiger partial charge in [0.25, 0.3) is 0 Å². The van der Waals surface area contributed by atoms with Crippen LogP contribution in [0.15, 0.2) is 0 Å². The standard InChI is InChI=1S/C5H5NO7/c6-2-1-3(7)10-12-5(9)13-11-4(2)8/h2H,1,6H2. The topological polar surface area (TPSA) is 114 Å². The van der Waals surface area contributed by atoms with E-state index in [1.54, 1.807) is 0 Å². The molecule has 1 atom stereocenters. The van der Waals surface area contributed by atoms with Gasteiger partial charge in [0.15, 0.2) is 0 Å². The van der Waals surface area contributed by atoms with Crippen molar-refractivity contribution in [2.24, 2.45) is 5.73 Å². The van der Waals surface area contributed by atoms with Crippen LogP contribution in [0.1, 0.15) is 6.42 Å². The predicted octanol–water partition coefficient (Wildman–Crippen LogP) is -1.21. The van der Waals surface area contributed by atoms with Crippen LogP contribution in [-0.4, -0.2) is 24.1 Å². The Balaban J connectivity index is 2.64. The number of carbonyl (C=O) groups excluding carboxylic acids is 3. The normalized spacial score (nSPS) is 24.1. The van der Waals surface area contributed by atoms with E-state index in [0.29, 0.717) is 0 Å². The summed E-state index contributed by atoms with van der Waals surface area (Å²) in [5.74, 6) is -2.03. The molecular formula is C5H5NO7. The third-order valence-corrected chi connectivity index (χ3v) is 1.08. The lowest BCUT2D eigenvalue weighted by molar-refractivity contribution is -0.288. The van der Waals surface area contributed by atoms with Gasteiger partial charge in [-0.05, 0) is 0 Å². The minimum Gasteiger partial charge on any atom is -0.318 e. The first kappa shape index (κ1) is 9.26. The zero-order valence-electron chi connectivity index (χ0n) is 6.22. The van der Waals surface area contributed by atoms with E-state index < -0.39 is 30.6 Å². The molecule has 0 aliphatic carbocycles. The summed E-state index contributed by atoms with van der Waals surface area (Å²) in [6.07, 6.45) is -1.93. The SMILES string of the molecule is NC1CC(=O)OOC(=O)OOC1=O. The Kier molecular flexibility index (Phi) is 2.65. The van der Waals surface area contributed by atoms with Crippen LogP contribution in [0.3, 0.4) is 0 Å². The lowest BCUT2D eigenvalue weighted by Crippen LogP contribution is -2.34. The molecule has 2 N–H and O–H groups in total. The summed E-state index contributed by atoms with van der Waals surface area (Å²) < 4.78 is 0. The second kappa shape index (κ2) is 3.72. The molecule has 0 radical (unpaired) electrons. The van der Waals surface area contributed by atoms with E-state index in [1.807, 2.05) is 0 Å². The molecule has 72 valence electrons. The fourth-order valence-corrected chi connectivity index (χ4v) is 0.528. The molecule has 1 unspecified atom stereocenters. The summed E-state index contributed by atoms with van der Waals surface area (Å²) in [4.78, 5) is 46.9. The van der Waals surface area contributed by atoms with Gasteiger partial charge in [0, 0.05) is 0 Å². The van der Waals surface area contributed by atoms with Crippen LogP contribution in [0.2, 0.25) is 0 Å². The van der Waals surface area contributed by atoms with Crippen LogP contribution in [-0.2, 0) is 29.1 Å². The molecule has 1 aliphatic rings. The van der Waals surface area contributed by atoms with Gasteiger partial charge in [-0.15, -0.1) is 0 Å². The number of carbonyl (C=O) groups is 3. The average Bonchev–Trinajstić information content (AvgIpc) is 2.13. The summed E-state index contributed by atoms with van der Waals surface area (Å²) >= 11 is 0. The van der Waals surface area contributed by atoms with Crippen LogP contribution in [0.25, 0.3) is 0 Å². The number of hydrogen-bond acceptors (Lipinski definition) is 8. The summed E-state index contributed by atoms with van der Waals surface area (Å²) in [5.41, 5.74) is 5.13. The molecule has 1 fully saturated rings. The van der Waals surface area contributed by atoms with Crippen molar-refractivity contribution in [3.05, 3.63) is 0 Å². The molecule has 0 spiro atoms. The van der Waals surface area contributed by atoms with Gasteiger partial charge in [-0.25, -0.2) is 29.1 Å². The highest BCUT2D eigenvalue weighted by Gasteiger charge is 2.26. The average molecular weight is 191 g/mol. The van der Waals surface area contributed by atoms with Crippen molar-refractivity contribution in [3.63, 3.8) is 0 Å². The number of rotatable bonds is 0. The third-order valence-electron chi connectivity index (χ3n) is 1.08. The molecule has 0 aromatic carbocycles. The first-order chi connectivity index (χ1) is 6.09.